The molecule has 1 atom stereocenters. The molecule has 1 unspecified atom stereocenters. The molecule has 0 aliphatic heterocycles. The van der Waals surface area contributed by atoms with Gasteiger partial charge in [-0.15, -0.1) is 11.8 Å². The number of rotatable bonds is 5. The van der Waals surface area contributed by atoms with E-state index in [1.165, 1.54) is 10.5 Å². The molecule has 0 spiro atoms. The Hall–Kier alpha value is -0.940. The normalized spacial score (nSPS) is 12.1. The predicted molar refractivity (Wildman–Crippen MR) is 66.1 cm³/mol. The number of nitriles is 1. The average molecular weight is 219 g/mol. The van der Waals surface area contributed by atoms with Crippen LogP contribution in [0.15, 0.2) is 29.2 Å². The third kappa shape index (κ3) is 3.60. The van der Waals surface area contributed by atoms with Gasteiger partial charge in [-0.1, -0.05) is 26.0 Å². The molecule has 80 valence electrons. The van der Waals surface area contributed by atoms with Crippen molar-refractivity contribution in [2.45, 2.75) is 37.5 Å². The number of hydrogen-bond donors (Lipinski definition) is 0. The first kappa shape index (κ1) is 12.1. The highest BCUT2D eigenvalue weighted by Crippen LogP contribution is 2.27. The van der Waals surface area contributed by atoms with Gasteiger partial charge in [0, 0.05) is 11.3 Å². The SMILES string of the molecule is CCSc1cccc(C(CC)CC#N)c1. The van der Waals surface area contributed by atoms with Crippen molar-refractivity contribution >= 4 is 11.8 Å². The smallest absolute Gasteiger partial charge is 0.0628 e. The predicted octanol–water partition coefficient (Wildman–Crippen LogP) is 4.21. The van der Waals surface area contributed by atoms with Crippen LogP contribution in [0.1, 0.15) is 38.2 Å². The maximum absolute atomic E-state index is 8.75. The first-order valence-corrected chi connectivity index (χ1v) is 6.40. The lowest BCUT2D eigenvalue weighted by Gasteiger charge is -2.12. The molecule has 1 aromatic rings. The van der Waals surface area contributed by atoms with E-state index in [2.05, 4.69) is 44.2 Å². The topological polar surface area (TPSA) is 23.8 Å². The number of benzene rings is 1. The van der Waals surface area contributed by atoms with Crippen molar-refractivity contribution in [3.05, 3.63) is 29.8 Å². The summed E-state index contributed by atoms with van der Waals surface area (Å²) in [7, 11) is 0. The van der Waals surface area contributed by atoms with E-state index in [1.807, 2.05) is 11.8 Å². The maximum Gasteiger partial charge on any atom is 0.0628 e. The molecule has 1 aromatic carbocycles. The zero-order valence-corrected chi connectivity index (χ0v) is 10.2. The van der Waals surface area contributed by atoms with Crippen LogP contribution in [-0.2, 0) is 0 Å². The third-order valence-corrected chi connectivity index (χ3v) is 3.35. The first-order valence-electron chi connectivity index (χ1n) is 5.41. The van der Waals surface area contributed by atoms with Crippen LogP contribution >= 0.6 is 11.8 Å². The van der Waals surface area contributed by atoms with Gasteiger partial charge in [0.2, 0.25) is 0 Å². The van der Waals surface area contributed by atoms with Gasteiger partial charge in [0.25, 0.3) is 0 Å². The van der Waals surface area contributed by atoms with Gasteiger partial charge in [-0.05, 0) is 35.8 Å². The summed E-state index contributed by atoms with van der Waals surface area (Å²) in [4.78, 5) is 1.31. The van der Waals surface area contributed by atoms with E-state index in [-0.39, 0.29) is 0 Å². The summed E-state index contributed by atoms with van der Waals surface area (Å²) in [5.41, 5.74) is 1.30. The molecule has 0 saturated carbocycles. The Kier molecular flexibility index (Phi) is 5.28. The molecular weight excluding hydrogens is 202 g/mol. The van der Waals surface area contributed by atoms with E-state index >= 15 is 0 Å². The van der Waals surface area contributed by atoms with Gasteiger partial charge < -0.3 is 0 Å². The molecule has 0 aromatic heterocycles. The van der Waals surface area contributed by atoms with Crippen LogP contribution in [0, 0.1) is 11.3 Å². The highest BCUT2D eigenvalue weighted by atomic mass is 32.2. The fraction of sp³-hybridized carbons (Fsp3) is 0.462. The summed E-state index contributed by atoms with van der Waals surface area (Å²) >= 11 is 1.85. The second-order valence-electron chi connectivity index (χ2n) is 3.47. The molecule has 0 N–H and O–H groups in total. The summed E-state index contributed by atoms with van der Waals surface area (Å²) in [5, 5.41) is 8.75. The van der Waals surface area contributed by atoms with Gasteiger partial charge in [-0.2, -0.15) is 5.26 Å². The summed E-state index contributed by atoms with van der Waals surface area (Å²) in [6, 6.07) is 10.8. The number of nitrogens with zero attached hydrogens (tertiary/aromatic N) is 1. The standard InChI is InChI=1S/C13H17NS/c1-3-11(8-9-14)12-6-5-7-13(10-12)15-4-2/h5-7,10-11H,3-4,8H2,1-2H3. The van der Waals surface area contributed by atoms with Gasteiger partial charge in [-0.3, -0.25) is 0 Å². The Morgan fingerprint density at radius 1 is 1.40 bits per heavy atom. The van der Waals surface area contributed by atoms with Crippen molar-refractivity contribution in [3.63, 3.8) is 0 Å². The van der Waals surface area contributed by atoms with Crippen molar-refractivity contribution in [2.24, 2.45) is 0 Å². The van der Waals surface area contributed by atoms with E-state index in [0.717, 1.165) is 12.2 Å². The Bertz CT molecular complexity index is 341. The molecule has 0 fully saturated rings. The van der Waals surface area contributed by atoms with Crippen LogP contribution in [0.2, 0.25) is 0 Å². The van der Waals surface area contributed by atoms with E-state index in [1.54, 1.807) is 0 Å². The lowest BCUT2D eigenvalue weighted by molar-refractivity contribution is 0.679. The fourth-order valence-corrected chi connectivity index (χ4v) is 2.36. The van der Waals surface area contributed by atoms with E-state index in [0.29, 0.717) is 12.3 Å². The lowest BCUT2D eigenvalue weighted by atomic mass is 9.94. The number of thioether (sulfide) groups is 1. The molecule has 2 heteroatoms. The highest BCUT2D eigenvalue weighted by Gasteiger charge is 2.08. The van der Waals surface area contributed by atoms with Crippen molar-refractivity contribution in [3.8, 4) is 6.07 Å². The molecule has 0 amide bonds. The van der Waals surface area contributed by atoms with Gasteiger partial charge >= 0.3 is 0 Å². The minimum atomic E-state index is 0.396. The molecular formula is C13H17NS. The zero-order valence-electron chi connectivity index (χ0n) is 9.36. The molecule has 1 nitrogen and oxygen atoms in total. The average Bonchev–Trinajstić information content (AvgIpc) is 2.27. The molecule has 1 rings (SSSR count). The second kappa shape index (κ2) is 6.53. The largest absolute Gasteiger partial charge is 0.198 e. The summed E-state index contributed by atoms with van der Waals surface area (Å²) in [6.45, 7) is 4.30. The Labute approximate surface area is 96.5 Å². The molecule has 0 bridgehead atoms. The van der Waals surface area contributed by atoms with Crippen molar-refractivity contribution in [1.82, 2.24) is 0 Å². The summed E-state index contributed by atoms with van der Waals surface area (Å²) in [6.07, 6.45) is 1.66. The van der Waals surface area contributed by atoms with Gasteiger partial charge in [0.15, 0.2) is 0 Å². The Balaban J connectivity index is 2.83. The summed E-state index contributed by atoms with van der Waals surface area (Å²) in [5.74, 6) is 1.49. The van der Waals surface area contributed by atoms with Crippen LogP contribution in [-0.4, -0.2) is 5.75 Å². The molecule has 0 radical (unpaired) electrons. The van der Waals surface area contributed by atoms with Crippen LogP contribution < -0.4 is 0 Å². The van der Waals surface area contributed by atoms with Gasteiger partial charge in [0.1, 0.15) is 0 Å². The quantitative estimate of drug-likeness (QED) is 0.693. The maximum atomic E-state index is 8.75. The van der Waals surface area contributed by atoms with Crippen molar-refractivity contribution in [1.29, 1.82) is 5.26 Å². The van der Waals surface area contributed by atoms with Gasteiger partial charge in [0.05, 0.1) is 6.07 Å². The number of hydrogen-bond acceptors (Lipinski definition) is 2. The van der Waals surface area contributed by atoms with E-state index in [4.69, 9.17) is 5.26 Å². The summed E-state index contributed by atoms with van der Waals surface area (Å²) < 4.78 is 0. The Morgan fingerprint density at radius 3 is 2.80 bits per heavy atom. The molecule has 0 heterocycles. The highest BCUT2D eigenvalue weighted by molar-refractivity contribution is 7.99. The molecule has 0 aliphatic carbocycles. The second-order valence-corrected chi connectivity index (χ2v) is 4.81. The van der Waals surface area contributed by atoms with E-state index in [9.17, 15) is 0 Å². The van der Waals surface area contributed by atoms with Crippen LogP contribution in [0.5, 0.6) is 0 Å². The van der Waals surface area contributed by atoms with Crippen LogP contribution in [0.3, 0.4) is 0 Å². The first-order chi connectivity index (χ1) is 7.31. The Morgan fingerprint density at radius 2 is 2.20 bits per heavy atom. The zero-order chi connectivity index (χ0) is 11.1. The van der Waals surface area contributed by atoms with Crippen molar-refractivity contribution < 1.29 is 0 Å². The molecule has 15 heavy (non-hydrogen) atoms. The molecule has 0 aliphatic rings. The lowest BCUT2D eigenvalue weighted by Crippen LogP contribution is -1.96. The minimum absolute atomic E-state index is 0.396. The van der Waals surface area contributed by atoms with Crippen LogP contribution in [0.25, 0.3) is 0 Å². The van der Waals surface area contributed by atoms with Crippen LogP contribution in [0.4, 0.5) is 0 Å². The third-order valence-electron chi connectivity index (χ3n) is 2.47. The van der Waals surface area contributed by atoms with Gasteiger partial charge in [-0.25, -0.2) is 0 Å². The van der Waals surface area contributed by atoms with Crippen molar-refractivity contribution in [2.75, 3.05) is 5.75 Å². The van der Waals surface area contributed by atoms with E-state index < -0.39 is 0 Å². The minimum Gasteiger partial charge on any atom is -0.198 e. The fourth-order valence-electron chi connectivity index (χ4n) is 1.63. The monoisotopic (exact) mass is 219 g/mol. The molecule has 0 saturated heterocycles.